The topological polar surface area (TPSA) is 54.4 Å². The molecule has 0 aromatic carbocycles. The second kappa shape index (κ2) is 8.44. The SMILES string of the molecule is [2H]OC(=O)CCSSC(C)CCC([3H])=O. The number of hydrogen-bond donors (Lipinski definition) is 1. The first-order valence-electron chi connectivity index (χ1n) is 4.90. The van der Waals surface area contributed by atoms with Gasteiger partial charge in [-0.2, -0.15) is 0 Å². The molecule has 0 saturated heterocycles. The lowest BCUT2D eigenvalue weighted by molar-refractivity contribution is -0.136. The van der Waals surface area contributed by atoms with Crippen molar-refractivity contribution < 1.29 is 16.1 Å². The van der Waals surface area contributed by atoms with Crippen molar-refractivity contribution in [3.05, 3.63) is 0 Å². The Bertz CT molecular complexity index is 214. The molecule has 0 aromatic heterocycles. The van der Waals surface area contributed by atoms with Gasteiger partial charge in [-0.25, -0.2) is 0 Å². The van der Waals surface area contributed by atoms with E-state index in [9.17, 15) is 9.59 Å². The lowest BCUT2D eigenvalue weighted by atomic mass is 10.3. The van der Waals surface area contributed by atoms with Crippen molar-refractivity contribution in [3.8, 4) is 0 Å². The normalized spacial score (nSPS) is 14.2. The first kappa shape index (κ1) is 9.40. The van der Waals surface area contributed by atoms with Gasteiger partial charge in [0.1, 0.15) is 7.63 Å². The van der Waals surface area contributed by atoms with Crippen molar-refractivity contribution in [1.82, 2.24) is 0 Å². The minimum atomic E-state index is -0.537. The van der Waals surface area contributed by atoms with Gasteiger partial charge in [0.15, 0.2) is 0 Å². The first-order chi connectivity index (χ1) is 7.06. The number of rotatable bonds is 8. The highest BCUT2D eigenvalue weighted by Crippen LogP contribution is 2.29. The summed E-state index contributed by atoms with van der Waals surface area (Å²) in [7, 11) is 3.10. The zero-order valence-corrected chi connectivity index (χ0v) is 9.08. The Balaban J connectivity index is 3.34. The second-order valence-corrected chi connectivity index (χ2v) is 5.46. The third-order valence-electron chi connectivity index (χ3n) is 1.27. The molecule has 5 heteroatoms. The Morgan fingerprint density at radius 3 is 3.31 bits per heavy atom. The monoisotopic (exact) mass is 225 g/mol. The summed E-state index contributed by atoms with van der Waals surface area (Å²) in [5, 5.41) is 4.04. The molecule has 0 heterocycles. The Morgan fingerprint density at radius 2 is 2.69 bits per heavy atom. The van der Waals surface area contributed by atoms with Crippen molar-refractivity contribution >= 4 is 33.8 Å². The number of carboxylic acids is 1. The van der Waals surface area contributed by atoms with Gasteiger partial charge in [0.2, 0.25) is 0 Å². The van der Waals surface area contributed by atoms with Gasteiger partial charge in [-0.3, -0.25) is 4.79 Å². The summed E-state index contributed by atoms with van der Waals surface area (Å²) in [6.45, 7) is 1.98. The van der Waals surface area contributed by atoms with Crippen LogP contribution in [0.5, 0.6) is 0 Å². The maximum absolute atomic E-state index is 10.6. The van der Waals surface area contributed by atoms with E-state index in [1.807, 2.05) is 6.92 Å². The van der Waals surface area contributed by atoms with Gasteiger partial charge >= 0.3 is 5.97 Å². The van der Waals surface area contributed by atoms with Gasteiger partial charge in [-0.05, 0) is 6.42 Å². The molecule has 0 amide bonds. The molecule has 1 unspecified atom stereocenters. The summed E-state index contributed by atoms with van der Waals surface area (Å²) in [5.41, 5.74) is 0. The van der Waals surface area contributed by atoms with E-state index in [2.05, 4.69) is 5.11 Å². The molecule has 0 aliphatic heterocycles. The molecule has 1 N–H and O–H groups in total. The molecule has 13 heavy (non-hydrogen) atoms. The van der Waals surface area contributed by atoms with Crippen LogP contribution in [0.1, 0.15) is 27.6 Å². The van der Waals surface area contributed by atoms with Crippen molar-refractivity contribution in [2.45, 2.75) is 31.4 Å². The lowest BCUT2D eigenvalue weighted by Crippen LogP contribution is -1.97. The van der Waals surface area contributed by atoms with E-state index in [0.717, 1.165) is 0 Å². The molecule has 0 fully saturated rings. The maximum Gasteiger partial charge on any atom is 0.304 e. The molecule has 0 aliphatic rings. The van der Waals surface area contributed by atoms with Gasteiger partial charge < -0.3 is 9.90 Å². The van der Waals surface area contributed by atoms with Gasteiger partial charge in [-0.15, -0.1) is 0 Å². The Hall–Kier alpha value is -0.160. The summed E-state index contributed by atoms with van der Waals surface area (Å²) < 4.78 is 13.0. The molecule has 0 radical (unpaired) electrons. The van der Waals surface area contributed by atoms with E-state index in [1.165, 1.54) is 10.8 Å². The first-order valence-corrected chi connectivity index (χ1v) is 6.38. The Morgan fingerprint density at radius 1 is 1.92 bits per heavy atom. The fourth-order valence-electron chi connectivity index (χ4n) is 0.600. The highest BCUT2D eigenvalue weighted by atomic mass is 33.1. The summed E-state index contributed by atoms with van der Waals surface area (Å²) in [6, 6.07) is 0. The highest BCUT2D eigenvalue weighted by Gasteiger charge is 2.03. The predicted molar refractivity (Wildman–Crippen MR) is 57.1 cm³/mol. The van der Waals surface area contributed by atoms with Crippen LogP contribution in [0.25, 0.3) is 1.43 Å². The van der Waals surface area contributed by atoms with E-state index in [4.69, 9.17) is 2.80 Å². The maximum atomic E-state index is 10.6. The molecule has 0 aromatic rings. The lowest BCUT2D eigenvalue weighted by Gasteiger charge is -2.06. The number of aliphatic carboxylic acids is 1. The van der Waals surface area contributed by atoms with Crippen molar-refractivity contribution in [2.75, 3.05) is 5.75 Å². The Labute approximate surface area is 89.0 Å². The average Bonchev–Trinajstić information content (AvgIpc) is 2.21. The summed E-state index contributed by atoms with van der Waals surface area (Å²) >= 11 is 0. The highest BCUT2D eigenvalue weighted by molar-refractivity contribution is 8.76. The molecule has 0 aliphatic carbocycles. The number of carbonyl (C=O) groups is 2. The number of carbonyl (C=O) groups excluding carboxylic acids is 1. The zero-order valence-electron chi connectivity index (χ0n) is 9.45. The molecule has 0 spiro atoms. The van der Waals surface area contributed by atoms with Crippen LogP contribution in [-0.2, 0) is 9.59 Å². The minimum Gasteiger partial charge on any atom is -0.481 e. The average molecular weight is 225 g/mol. The third-order valence-corrected chi connectivity index (χ3v) is 4.24. The summed E-state index contributed by atoms with van der Waals surface area (Å²) in [4.78, 5) is 20.9. The number of carboxylic acid groups (broad SMARTS) is 1. The van der Waals surface area contributed by atoms with Gasteiger partial charge in [0.05, 0.1) is 6.42 Å². The molecule has 0 bridgehead atoms. The van der Waals surface area contributed by atoms with Gasteiger partial charge in [0, 0.05) is 17.4 Å². The van der Waals surface area contributed by atoms with E-state index in [-0.39, 0.29) is 18.1 Å². The molecule has 1 atom stereocenters. The van der Waals surface area contributed by atoms with Crippen LogP contribution in [0, 0.1) is 0 Å². The van der Waals surface area contributed by atoms with E-state index in [1.54, 1.807) is 10.8 Å². The quantitative estimate of drug-likeness (QED) is 0.390. The van der Waals surface area contributed by atoms with Crippen molar-refractivity contribution in [3.63, 3.8) is 0 Å². The van der Waals surface area contributed by atoms with Crippen LogP contribution in [0.2, 0.25) is 0 Å². The Kier molecular flexibility index (Phi) is 6.10. The van der Waals surface area contributed by atoms with Crippen molar-refractivity contribution in [1.29, 1.82) is 1.43 Å². The fraction of sp³-hybridized carbons (Fsp3) is 0.750. The zero-order chi connectivity index (χ0) is 11.7. The predicted octanol–water partition coefficient (Wildman–Crippen LogP) is 2.21. The molecule has 3 nitrogen and oxygen atoms in total. The standard InChI is InChI=1S/C8H14O3S2/c1-7(3-2-5-9)13-12-6-4-8(10)11/h5,7H,2-4,6H2,1H3,(H,10,11)/i5T/hD. The summed E-state index contributed by atoms with van der Waals surface area (Å²) in [6.07, 6.45) is 0.655. The molecular weight excluding hydrogens is 208 g/mol. The third kappa shape index (κ3) is 9.76. The molecule has 0 saturated carbocycles. The molecule has 76 valence electrons. The fourth-order valence-corrected chi connectivity index (χ4v) is 2.92. The summed E-state index contributed by atoms with van der Waals surface area (Å²) in [5.74, 6) is 0.0683. The van der Waals surface area contributed by atoms with Crippen LogP contribution in [0.4, 0.5) is 0 Å². The van der Waals surface area contributed by atoms with Crippen LogP contribution < -0.4 is 0 Å². The van der Waals surface area contributed by atoms with Crippen LogP contribution in [-0.4, -0.2) is 28.3 Å². The van der Waals surface area contributed by atoms with E-state index in [0.29, 0.717) is 12.2 Å². The van der Waals surface area contributed by atoms with E-state index < -0.39 is 12.2 Å². The van der Waals surface area contributed by atoms with E-state index >= 15 is 0 Å². The second-order valence-electron chi connectivity index (χ2n) is 2.53. The van der Waals surface area contributed by atoms with Crippen LogP contribution >= 0.6 is 21.6 Å². The van der Waals surface area contributed by atoms with Crippen LogP contribution in [0.15, 0.2) is 0 Å². The number of aldehydes is 1. The smallest absolute Gasteiger partial charge is 0.304 e. The minimum absolute atomic E-state index is 0.227. The van der Waals surface area contributed by atoms with Gasteiger partial charge in [-0.1, -0.05) is 28.5 Å². The molecular formula is C8H14O3S2. The van der Waals surface area contributed by atoms with Crippen molar-refractivity contribution in [2.24, 2.45) is 0 Å². The van der Waals surface area contributed by atoms with Gasteiger partial charge in [0.25, 0.3) is 1.43 Å². The number of hydrogen-bond acceptors (Lipinski definition) is 5. The van der Waals surface area contributed by atoms with Crippen LogP contribution in [0.3, 0.4) is 0 Å². The molecule has 0 rings (SSSR count). The largest absolute Gasteiger partial charge is 0.481 e.